The van der Waals surface area contributed by atoms with Gasteiger partial charge in [0.1, 0.15) is 6.61 Å². The molecule has 6 nitrogen and oxygen atoms in total. The zero-order valence-electron chi connectivity index (χ0n) is 9.14. The summed E-state index contributed by atoms with van der Waals surface area (Å²) in [6.07, 6.45) is 0.976. The number of nitrogens with zero attached hydrogens (tertiary/aromatic N) is 1. The molecule has 1 N–H and O–H groups in total. The molecule has 0 saturated heterocycles. The van der Waals surface area contributed by atoms with Crippen LogP contribution in [0.4, 0.5) is 0 Å². The number of carbonyl (C=O) groups is 1. The lowest BCUT2D eigenvalue weighted by Gasteiger charge is -2.02. The Bertz CT molecular complexity index is 323. The Morgan fingerprint density at radius 3 is 2.81 bits per heavy atom. The van der Waals surface area contributed by atoms with Crippen LogP contribution in [0.25, 0.3) is 0 Å². The second-order valence-electron chi connectivity index (χ2n) is 3.15. The molecule has 0 amide bonds. The van der Waals surface area contributed by atoms with E-state index in [1.54, 1.807) is 0 Å². The molecular formula is C10H15NO5. The first-order chi connectivity index (χ1) is 7.74. The van der Waals surface area contributed by atoms with Crippen LogP contribution in [-0.2, 0) is 16.1 Å². The van der Waals surface area contributed by atoms with Crippen LogP contribution in [0.15, 0.2) is 10.6 Å². The predicted octanol–water partition coefficient (Wildman–Crippen LogP) is 1.32. The van der Waals surface area contributed by atoms with Crippen LogP contribution in [0.5, 0.6) is 0 Å². The van der Waals surface area contributed by atoms with E-state index in [4.69, 9.17) is 19.1 Å². The molecule has 90 valence electrons. The maximum Gasteiger partial charge on any atom is 0.358 e. The van der Waals surface area contributed by atoms with E-state index in [1.807, 2.05) is 6.92 Å². The molecule has 0 aliphatic carbocycles. The zero-order valence-corrected chi connectivity index (χ0v) is 9.14. The van der Waals surface area contributed by atoms with Gasteiger partial charge in [0.2, 0.25) is 0 Å². The van der Waals surface area contributed by atoms with Crippen LogP contribution in [0.1, 0.15) is 29.6 Å². The van der Waals surface area contributed by atoms with Gasteiger partial charge in [0.15, 0.2) is 11.5 Å². The smallest absolute Gasteiger partial charge is 0.358 e. The van der Waals surface area contributed by atoms with Crippen molar-refractivity contribution in [1.29, 1.82) is 0 Å². The van der Waals surface area contributed by atoms with Crippen molar-refractivity contribution < 1.29 is 23.9 Å². The molecule has 6 heteroatoms. The second kappa shape index (κ2) is 6.97. The summed E-state index contributed by atoms with van der Waals surface area (Å²) < 4.78 is 15.2. The average molecular weight is 229 g/mol. The molecule has 16 heavy (non-hydrogen) atoms. The lowest BCUT2D eigenvalue weighted by Crippen LogP contribution is -2.04. The van der Waals surface area contributed by atoms with E-state index in [1.165, 1.54) is 6.07 Å². The number of carboxylic acid groups (broad SMARTS) is 1. The number of rotatable bonds is 8. The number of carboxylic acids is 1. The lowest BCUT2D eigenvalue weighted by molar-refractivity contribution is 0.0332. The van der Waals surface area contributed by atoms with Crippen molar-refractivity contribution in [3.05, 3.63) is 17.5 Å². The first kappa shape index (κ1) is 12.7. The Kier molecular flexibility index (Phi) is 5.52. The maximum absolute atomic E-state index is 10.5. The monoisotopic (exact) mass is 229 g/mol. The molecule has 0 aliphatic rings. The second-order valence-corrected chi connectivity index (χ2v) is 3.15. The zero-order chi connectivity index (χ0) is 11.8. The number of hydrogen-bond acceptors (Lipinski definition) is 5. The highest BCUT2D eigenvalue weighted by Crippen LogP contribution is 2.04. The topological polar surface area (TPSA) is 81.8 Å². The summed E-state index contributed by atoms with van der Waals surface area (Å²) in [4.78, 5) is 10.5. The molecule has 0 radical (unpaired) electrons. The molecule has 0 bridgehead atoms. The summed E-state index contributed by atoms with van der Waals surface area (Å²) in [6, 6.07) is 1.34. The van der Waals surface area contributed by atoms with E-state index >= 15 is 0 Å². The lowest BCUT2D eigenvalue weighted by atomic mass is 10.4. The first-order valence-corrected chi connectivity index (χ1v) is 5.08. The molecule has 1 rings (SSSR count). The van der Waals surface area contributed by atoms with Crippen LogP contribution < -0.4 is 0 Å². The fraction of sp³-hybridized carbons (Fsp3) is 0.600. The van der Waals surface area contributed by atoms with Crippen molar-refractivity contribution in [2.75, 3.05) is 19.8 Å². The Balaban J connectivity index is 2.14. The van der Waals surface area contributed by atoms with Gasteiger partial charge in [-0.05, 0) is 6.42 Å². The Labute approximate surface area is 93.1 Å². The molecule has 1 aromatic rings. The molecule has 0 saturated carbocycles. The Morgan fingerprint density at radius 1 is 1.44 bits per heavy atom. The van der Waals surface area contributed by atoms with Crippen LogP contribution in [0.3, 0.4) is 0 Å². The minimum atomic E-state index is -1.11. The van der Waals surface area contributed by atoms with Crippen molar-refractivity contribution in [1.82, 2.24) is 5.16 Å². The molecule has 1 heterocycles. The van der Waals surface area contributed by atoms with Crippen molar-refractivity contribution in [2.45, 2.75) is 20.0 Å². The first-order valence-electron chi connectivity index (χ1n) is 5.08. The van der Waals surface area contributed by atoms with Crippen LogP contribution in [0, 0.1) is 0 Å². The van der Waals surface area contributed by atoms with Crippen LogP contribution in [-0.4, -0.2) is 36.1 Å². The SMILES string of the molecule is CCCOCCOCc1cc(C(=O)O)no1. The van der Waals surface area contributed by atoms with Gasteiger partial charge in [-0.25, -0.2) is 4.79 Å². The summed E-state index contributed by atoms with van der Waals surface area (Å²) in [7, 11) is 0. The van der Waals surface area contributed by atoms with Crippen LogP contribution in [0.2, 0.25) is 0 Å². The minimum Gasteiger partial charge on any atom is -0.476 e. The Morgan fingerprint density at radius 2 is 2.19 bits per heavy atom. The molecule has 0 atom stereocenters. The van der Waals surface area contributed by atoms with E-state index in [-0.39, 0.29) is 12.3 Å². The van der Waals surface area contributed by atoms with Gasteiger partial charge < -0.3 is 19.1 Å². The van der Waals surface area contributed by atoms with Gasteiger partial charge in [-0.15, -0.1) is 0 Å². The average Bonchev–Trinajstić information content (AvgIpc) is 2.72. The third kappa shape index (κ3) is 4.41. The van der Waals surface area contributed by atoms with E-state index in [0.717, 1.165) is 13.0 Å². The summed E-state index contributed by atoms with van der Waals surface area (Å²) in [5.74, 6) is -0.714. The highest BCUT2D eigenvalue weighted by atomic mass is 16.5. The van der Waals surface area contributed by atoms with Crippen molar-refractivity contribution >= 4 is 5.97 Å². The van der Waals surface area contributed by atoms with Gasteiger partial charge in [0.25, 0.3) is 0 Å². The number of aromatic carboxylic acids is 1. The van der Waals surface area contributed by atoms with Crippen LogP contribution >= 0.6 is 0 Å². The molecule has 0 unspecified atom stereocenters. The molecular weight excluding hydrogens is 214 g/mol. The normalized spacial score (nSPS) is 10.6. The van der Waals surface area contributed by atoms with Gasteiger partial charge in [-0.3, -0.25) is 0 Å². The predicted molar refractivity (Wildman–Crippen MR) is 54.2 cm³/mol. The van der Waals surface area contributed by atoms with Gasteiger partial charge in [-0.1, -0.05) is 12.1 Å². The standard InChI is InChI=1S/C10H15NO5/c1-2-3-14-4-5-15-7-8-6-9(10(12)13)11-16-8/h6H,2-5,7H2,1H3,(H,12,13). The minimum absolute atomic E-state index is 0.110. The van der Waals surface area contributed by atoms with Crippen molar-refractivity contribution in [3.8, 4) is 0 Å². The Hall–Kier alpha value is -1.40. The summed E-state index contributed by atoms with van der Waals surface area (Å²) >= 11 is 0. The largest absolute Gasteiger partial charge is 0.476 e. The molecule has 0 aromatic carbocycles. The quantitative estimate of drug-likeness (QED) is 0.677. The summed E-state index contributed by atoms with van der Waals surface area (Å²) in [5, 5.41) is 11.9. The maximum atomic E-state index is 10.5. The van der Waals surface area contributed by atoms with E-state index < -0.39 is 5.97 Å². The highest BCUT2D eigenvalue weighted by Gasteiger charge is 2.10. The highest BCUT2D eigenvalue weighted by molar-refractivity contribution is 5.85. The van der Waals surface area contributed by atoms with E-state index in [0.29, 0.717) is 19.0 Å². The summed E-state index contributed by atoms with van der Waals surface area (Å²) in [5.41, 5.74) is -0.110. The van der Waals surface area contributed by atoms with Gasteiger partial charge in [0, 0.05) is 12.7 Å². The van der Waals surface area contributed by atoms with Gasteiger partial charge in [0.05, 0.1) is 13.2 Å². The molecule has 0 fully saturated rings. The third-order valence-electron chi connectivity index (χ3n) is 1.74. The fourth-order valence-electron chi connectivity index (χ4n) is 1.02. The van der Waals surface area contributed by atoms with E-state index in [2.05, 4.69) is 5.16 Å². The van der Waals surface area contributed by atoms with Crippen molar-refractivity contribution in [3.63, 3.8) is 0 Å². The van der Waals surface area contributed by atoms with Crippen molar-refractivity contribution in [2.24, 2.45) is 0 Å². The van der Waals surface area contributed by atoms with Gasteiger partial charge in [-0.2, -0.15) is 0 Å². The number of ether oxygens (including phenoxy) is 2. The fourth-order valence-corrected chi connectivity index (χ4v) is 1.02. The summed E-state index contributed by atoms with van der Waals surface area (Å²) in [6.45, 7) is 3.92. The molecule has 1 aromatic heterocycles. The third-order valence-corrected chi connectivity index (χ3v) is 1.74. The number of hydrogen-bond donors (Lipinski definition) is 1. The molecule has 0 aliphatic heterocycles. The van der Waals surface area contributed by atoms with E-state index in [9.17, 15) is 4.79 Å². The number of aromatic nitrogens is 1. The molecule has 0 spiro atoms. The van der Waals surface area contributed by atoms with Gasteiger partial charge >= 0.3 is 5.97 Å².